The maximum absolute atomic E-state index is 11.9. The summed E-state index contributed by atoms with van der Waals surface area (Å²) in [5.74, 6) is -1.68. The summed E-state index contributed by atoms with van der Waals surface area (Å²) >= 11 is 13.0. The van der Waals surface area contributed by atoms with Crippen molar-refractivity contribution < 1.29 is 19.1 Å². The molecule has 1 aromatic carbocycles. The van der Waals surface area contributed by atoms with Crippen LogP contribution in [0, 0.1) is 0 Å². The number of benzene rings is 1. The molecule has 9 heteroatoms. The first-order chi connectivity index (χ1) is 11.9. The molecule has 0 aliphatic rings. The number of ether oxygens (including phenoxy) is 1. The fraction of sp³-hybridized carbons (Fsp3) is 0.188. The lowest BCUT2D eigenvalue weighted by molar-refractivity contribution is -0.148. The number of hydrogen-bond donors (Lipinski definition) is 2. The summed E-state index contributed by atoms with van der Waals surface area (Å²) in [5, 5.41) is 7.45. The molecule has 0 saturated heterocycles. The fourth-order valence-corrected chi connectivity index (χ4v) is 2.74. The Kier molecular flexibility index (Phi) is 6.81. The first-order valence-corrected chi connectivity index (χ1v) is 8.76. The number of amides is 2. The lowest BCUT2D eigenvalue weighted by Gasteiger charge is -2.13. The van der Waals surface area contributed by atoms with Crippen LogP contribution in [0.2, 0.25) is 10.0 Å². The van der Waals surface area contributed by atoms with Gasteiger partial charge in [-0.25, -0.2) is 4.79 Å². The zero-order valence-electron chi connectivity index (χ0n) is 13.0. The molecule has 0 radical (unpaired) electrons. The van der Waals surface area contributed by atoms with Crippen LogP contribution in [0.1, 0.15) is 16.6 Å². The smallest absolute Gasteiger partial charge is 0.328 e. The molecule has 0 aliphatic heterocycles. The van der Waals surface area contributed by atoms with E-state index >= 15 is 0 Å². The summed E-state index contributed by atoms with van der Waals surface area (Å²) in [5.41, 5.74) is 0.314. The van der Waals surface area contributed by atoms with Crippen LogP contribution in [0.3, 0.4) is 0 Å². The fourth-order valence-electron chi connectivity index (χ4n) is 1.78. The Morgan fingerprint density at radius 3 is 2.68 bits per heavy atom. The lowest BCUT2D eigenvalue weighted by Crippen LogP contribution is -2.40. The molecule has 132 valence electrons. The largest absolute Gasteiger partial charge is 0.454 e. The highest BCUT2D eigenvalue weighted by Gasteiger charge is 2.19. The van der Waals surface area contributed by atoms with Gasteiger partial charge in [-0.3, -0.25) is 9.59 Å². The number of anilines is 1. The molecule has 2 aromatic rings. The number of carbonyl (C=O) groups excluding carboxylic acids is 3. The first-order valence-electron chi connectivity index (χ1n) is 7.12. The van der Waals surface area contributed by atoms with Crippen molar-refractivity contribution in [2.24, 2.45) is 0 Å². The van der Waals surface area contributed by atoms with Crippen LogP contribution in [-0.2, 0) is 14.3 Å². The maximum Gasteiger partial charge on any atom is 0.328 e. The van der Waals surface area contributed by atoms with Gasteiger partial charge in [0.1, 0.15) is 6.04 Å². The molecule has 0 spiro atoms. The van der Waals surface area contributed by atoms with Crippen LogP contribution in [0.25, 0.3) is 0 Å². The van der Waals surface area contributed by atoms with Gasteiger partial charge in [0.15, 0.2) is 6.61 Å². The van der Waals surface area contributed by atoms with Gasteiger partial charge in [0.05, 0.1) is 15.6 Å². The standard InChI is InChI=1S/C16H14Cl2N2O4S/c1-9(19-15(22)13-3-2-6-25-13)16(23)24-8-14(21)20-12-7-10(17)4-5-11(12)18/h2-7,9H,8H2,1H3,(H,19,22)(H,20,21). The van der Waals surface area contributed by atoms with Crippen molar-refractivity contribution in [3.8, 4) is 0 Å². The lowest BCUT2D eigenvalue weighted by atomic mass is 10.3. The van der Waals surface area contributed by atoms with Gasteiger partial charge in [0, 0.05) is 5.02 Å². The van der Waals surface area contributed by atoms with Crippen LogP contribution in [0.4, 0.5) is 5.69 Å². The number of thiophene rings is 1. The molecule has 1 heterocycles. The second-order valence-electron chi connectivity index (χ2n) is 4.95. The predicted octanol–water partition coefficient (Wildman–Crippen LogP) is 3.36. The Morgan fingerprint density at radius 2 is 2.00 bits per heavy atom. The molecule has 2 N–H and O–H groups in total. The van der Waals surface area contributed by atoms with Gasteiger partial charge in [0.25, 0.3) is 11.8 Å². The molecule has 1 unspecified atom stereocenters. The van der Waals surface area contributed by atoms with Crippen molar-refractivity contribution in [2.75, 3.05) is 11.9 Å². The normalized spacial score (nSPS) is 11.5. The average Bonchev–Trinajstić information content (AvgIpc) is 3.10. The van der Waals surface area contributed by atoms with E-state index in [1.54, 1.807) is 23.6 Å². The van der Waals surface area contributed by atoms with Gasteiger partial charge >= 0.3 is 5.97 Å². The highest BCUT2D eigenvalue weighted by Crippen LogP contribution is 2.25. The van der Waals surface area contributed by atoms with E-state index in [0.717, 1.165) is 0 Å². The average molecular weight is 401 g/mol. The molecule has 6 nitrogen and oxygen atoms in total. The van der Waals surface area contributed by atoms with Crippen molar-refractivity contribution in [3.63, 3.8) is 0 Å². The molecule has 1 aromatic heterocycles. The number of nitrogens with one attached hydrogen (secondary N) is 2. The van der Waals surface area contributed by atoms with Gasteiger partial charge in [-0.1, -0.05) is 29.3 Å². The van der Waals surface area contributed by atoms with Gasteiger partial charge in [-0.15, -0.1) is 11.3 Å². The molecule has 0 saturated carbocycles. The highest BCUT2D eigenvalue weighted by molar-refractivity contribution is 7.12. The first kappa shape index (κ1) is 19.2. The Hall–Kier alpha value is -2.09. The third-order valence-corrected chi connectivity index (χ3v) is 4.43. The third-order valence-electron chi connectivity index (χ3n) is 2.99. The van der Waals surface area contributed by atoms with Crippen molar-refractivity contribution in [1.29, 1.82) is 0 Å². The van der Waals surface area contributed by atoms with Gasteiger partial charge in [-0.2, -0.15) is 0 Å². The second kappa shape index (κ2) is 8.84. The van der Waals surface area contributed by atoms with Crippen molar-refractivity contribution in [1.82, 2.24) is 5.32 Å². The van der Waals surface area contributed by atoms with E-state index in [1.165, 1.54) is 30.4 Å². The summed E-state index contributed by atoms with van der Waals surface area (Å²) in [6, 6.07) is 7.07. The van der Waals surface area contributed by atoms with Gasteiger partial charge in [0.2, 0.25) is 0 Å². The Balaban J connectivity index is 1.81. The second-order valence-corrected chi connectivity index (χ2v) is 6.74. The quantitative estimate of drug-likeness (QED) is 0.728. The molecule has 0 bridgehead atoms. The van der Waals surface area contributed by atoms with Crippen LogP contribution < -0.4 is 10.6 Å². The van der Waals surface area contributed by atoms with E-state index < -0.39 is 24.5 Å². The van der Waals surface area contributed by atoms with Crippen molar-refractivity contribution in [2.45, 2.75) is 13.0 Å². The van der Waals surface area contributed by atoms with Crippen LogP contribution in [0.15, 0.2) is 35.7 Å². The Bertz CT molecular complexity index is 780. The van der Waals surface area contributed by atoms with E-state index in [4.69, 9.17) is 27.9 Å². The molecule has 2 rings (SSSR count). The molecule has 1 atom stereocenters. The molecule has 25 heavy (non-hydrogen) atoms. The number of carbonyl (C=O) groups is 3. The summed E-state index contributed by atoms with van der Waals surface area (Å²) in [6.45, 7) is 0.959. The van der Waals surface area contributed by atoms with Gasteiger partial charge < -0.3 is 15.4 Å². The number of hydrogen-bond acceptors (Lipinski definition) is 5. The summed E-state index contributed by atoms with van der Waals surface area (Å²) < 4.78 is 4.89. The minimum Gasteiger partial charge on any atom is -0.454 e. The number of esters is 1. The molecule has 0 aliphatic carbocycles. The summed E-state index contributed by atoms with van der Waals surface area (Å²) in [6.07, 6.45) is 0. The topological polar surface area (TPSA) is 84.5 Å². The number of halogens is 2. The van der Waals surface area contributed by atoms with E-state index in [9.17, 15) is 14.4 Å². The maximum atomic E-state index is 11.9. The Labute approximate surface area is 158 Å². The van der Waals surface area contributed by atoms with Crippen molar-refractivity contribution in [3.05, 3.63) is 50.6 Å². The van der Waals surface area contributed by atoms with E-state index in [2.05, 4.69) is 10.6 Å². The predicted molar refractivity (Wildman–Crippen MR) is 97.3 cm³/mol. The molecule has 2 amide bonds. The molecular formula is C16H14Cl2N2O4S. The monoisotopic (exact) mass is 400 g/mol. The van der Waals surface area contributed by atoms with Crippen LogP contribution in [-0.4, -0.2) is 30.4 Å². The summed E-state index contributed by atoms with van der Waals surface area (Å²) in [4.78, 5) is 36.0. The van der Waals surface area contributed by atoms with Crippen LogP contribution in [0.5, 0.6) is 0 Å². The zero-order chi connectivity index (χ0) is 18.4. The number of rotatable bonds is 6. The zero-order valence-corrected chi connectivity index (χ0v) is 15.4. The highest BCUT2D eigenvalue weighted by atomic mass is 35.5. The minimum atomic E-state index is -0.892. The third kappa shape index (κ3) is 5.74. The molecular weight excluding hydrogens is 387 g/mol. The van der Waals surface area contributed by atoms with E-state index in [-0.39, 0.29) is 5.91 Å². The van der Waals surface area contributed by atoms with E-state index in [0.29, 0.717) is 20.6 Å². The van der Waals surface area contributed by atoms with Gasteiger partial charge in [-0.05, 0) is 36.6 Å². The minimum absolute atomic E-state index is 0.306. The van der Waals surface area contributed by atoms with Crippen LogP contribution >= 0.6 is 34.5 Å². The van der Waals surface area contributed by atoms with Crippen molar-refractivity contribution >= 4 is 58.0 Å². The SMILES string of the molecule is CC(NC(=O)c1cccs1)C(=O)OCC(=O)Nc1cc(Cl)ccc1Cl. The molecule has 0 fully saturated rings. The van der Waals surface area contributed by atoms with E-state index in [1.807, 2.05) is 0 Å². The summed E-state index contributed by atoms with van der Waals surface area (Å²) in [7, 11) is 0. The Morgan fingerprint density at radius 1 is 1.24 bits per heavy atom.